The molecule has 1 saturated heterocycles. The van der Waals surface area contributed by atoms with E-state index in [9.17, 15) is 9.18 Å². The Morgan fingerprint density at radius 2 is 1.93 bits per heavy atom. The molecule has 2 aromatic rings. The first-order valence-electron chi connectivity index (χ1n) is 9.68. The lowest BCUT2D eigenvalue weighted by Gasteiger charge is -2.38. The van der Waals surface area contributed by atoms with Gasteiger partial charge in [0.15, 0.2) is 0 Å². The lowest BCUT2D eigenvalue weighted by molar-refractivity contribution is 0.0384. The number of benzene rings is 2. The van der Waals surface area contributed by atoms with E-state index >= 15 is 0 Å². The summed E-state index contributed by atoms with van der Waals surface area (Å²) in [5, 5.41) is 3.36. The Morgan fingerprint density at radius 1 is 1.15 bits per heavy atom. The Bertz CT molecular complexity index is 863. The van der Waals surface area contributed by atoms with Crippen LogP contribution in [0.1, 0.15) is 35.6 Å². The lowest BCUT2D eigenvalue weighted by Crippen LogP contribution is -2.43. The van der Waals surface area contributed by atoms with Gasteiger partial charge in [0.05, 0.1) is 6.04 Å². The van der Waals surface area contributed by atoms with Crippen LogP contribution in [0, 0.1) is 11.2 Å². The van der Waals surface area contributed by atoms with E-state index in [0.717, 1.165) is 43.5 Å². The smallest absolute Gasteiger partial charge is 0.410 e. The predicted octanol–water partition coefficient (Wildman–Crippen LogP) is 3.66. The van der Waals surface area contributed by atoms with Crippen LogP contribution in [0.2, 0.25) is 0 Å². The van der Waals surface area contributed by atoms with Crippen molar-refractivity contribution in [1.29, 1.82) is 0 Å². The van der Waals surface area contributed by atoms with Crippen molar-refractivity contribution in [3.05, 3.63) is 71.0 Å². The van der Waals surface area contributed by atoms with Crippen molar-refractivity contribution in [3.8, 4) is 0 Å². The topological polar surface area (TPSA) is 41.6 Å². The zero-order valence-electron chi connectivity index (χ0n) is 15.2. The van der Waals surface area contributed by atoms with Crippen molar-refractivity contribution >= 4 is 6.09 Å². The maximum atomic E-state index is 13.5. The van der Waals surface area contributed by atoms with E-state index in [0.29, 0.717) is 6.54 Å². The first kappa shape index (κ1) is 16.8. The molecule has 0 bridgehead atoms. The number of carbonyl (C=O) groups excluding carboxylic acids is 1. The van der Waals surface area contributed by atoms with Crippen molar-refractivity contribution in [3.63, 3.8) is 0 Å². The molecule has 3 aliphatic rings. The normalized spacial score (nSPS) is 25.3. The van der Waals surface area contributed by atoms with Gasteiger partial charge in [-0.1, -0.05) is 36.4 Å². The number of nitrogens with one attached hydrogen (secondary N) is 1. The Morgan fingerprint density at radius 3 is 2.70 bits per heavy atom. The molecule has 0 radical (unpaired) electrons. The number of halogens is 1. The van der Waals surface area contributed by atoms with E-state index in [1.807, 2.05) is 17.0 Å². The minimum atomic E-state index is -0.273. The fraction of sp³-hybridized carbons (Fsp3) is 0.409. The van der Waals surface area contributed by atoms with Gasteiger partial charge in [0.25, 0.3) is 0 Å². The number of hydrogen-bond donors (Lipinski definition) is 1. The Hall–Kier alpha value is -2.40. The number of amides is 1. The van der Waals surface area contributed by atoms with Crippen molar-refractivity contribution in [2.24, 2.45) is 5.41 Å². The minimum Gasteiger partial charge on any atom is -0.444 e. The first-order chi connectivity index (χ1) is 13.2. The predicted molar refractivity (Wildman–Crippen MR) is 99.9 cm³/mol. The zero-order chi connectivity index (χ0) is 18.4. The third kappa shape index (κ3) is 2.90. The summed E-state index contributed by atoms with van der Waals surface area (Å²) < 4.78 is 19.4. The van der Waals surface area contributed by atoms with Gasteiger partial charge in [0, 0.05) is 25.0 Å². The van der Waals surface area contributed by atoms with Gasteiger partial charge in [-0.2, -0.15) is 0 Å². The van der Waals surface area contributed by atoms with Gasteiger partial charge in [-0.05, 0) is 48.1 Å². The molecular weight excluding hydrogens is 343 g/mol. The standard InChI is InChI=1S/C22H23FN2O2/c23-17-7-5-16(6-8-17)20-18-4-2-1-3-15(18)9-12-25(20)21(26)27-19-13-24-14-22(19)10-11-22/h1-8,19-20,24H,9-14H2/t19?,20-/m0/s1. The molecule has 2 aliphatic heterocycles. The van der Waals surface area contributed by atoms with Gasteiger partial charge >= 0.3 is 6.09 Å². The molecule has 1 N–H and O–H groups in total. The van der Waals surface area contributed by atoms with Gasteiger partial charge in [-0.15, -0.1) is 0 Å². The van der Waals surface area contributed by atoms with E-state index in [1.54, 1.807) is 12.1 Å². The van der Waals surface area contributed by atoms with Crippen molar-refractivity contribution < 1.29 is 13.9 Å². The average Bonchev–Trinajstić information content (AvgIpc) is 3.37. The molecule has 1 aliphatic carbocycles. The van der Waals surface area contributed by atoms with Gasteiger partial charge in [-0.25, -0.2) is 9.18 Å². The van der Waals surface area contributed by atoms with Crippen LogP contribution in [0.15, 0.2) is 48.5 Å². The molecule has 27 heavy (non-hydrogen) atoms. The molecule has 2 fully saturated rings. The Balaban J connectivity index is 1.46. The van der Waals surface area contributed by atoms with Crippen LogP contribution in [0.5, 0.6) is 0 Å². The molecule has 1 spiro atoms. The summed E-state index contributed by atoms with van der Waals surface area (Å²) in [5.41, 5.74) is 3.40. The third-order valence-corrected chi connectivity index (χ3v) is 6.33. The van der Waals surface area contributed by atoms with Gasteiger partial charge in [0.1, 0.15) is 11.9 Å². The molecule has 2 heterocycles. The minimum absolute atomic E-state index is 0.0453. The summed E-state index contributed by atoms with van der Waals surface area (Å²) in [6, 6.07) is 14.4. The highest BCUT2D eigenvalue weighted by molar-refractivity contribution is 5.70. The molecule has 1 saturated carbocycles. The summed E-state index contributed by atoms with van der Waals surface area (Å²) in [5.74, 6) is -0.273. The van der Waals surface area contributed by atoms with E-state index in [2.05, 4.69) is 17.4 Å². The quantitative estimate of drug-likeness (QED) is 0.882. The summed E-state index contributed by atoms with van der Waals surface area (Å²) in [6.45, 7) is 2.28. The van der Waals surface area contributed by atoms with Crippen LogP contribution in [0.25, 0.3) is 0 Å². The largest absolute Gasteiger partial charge is 0.444 e. The van der Waals surface area contributed by atoms with Crippen LogP contribution >= 0.6 is 0 Å². The van der Waals surface area contributed by atoms with Crippen molar-refractivity contribution in [2.75, 3.05) is 19.6 Å². The van der Waals surface area contributed by atoms with Crippen LogP contribution < -0.4 is 5.32 Å². The average molecular weight is 366 g/mol. The van der Waals surface area contributed by atoms with Gasteiger partial charge < -0.3 is 10.1 Å². The second-order valence-corrected chi connectivity index (χ2v) is 7.96. The van der Waals surface area contributed by atoms with Crippen LogP contribution in [0.3, 0.4) is 0 Å². The molecular formula is C22H23FN2O2. The summed E-state index contributed by atoms with van der Waals surface area (Å²) >= 11 is 0. The van der Waals surface area contributed by atoms with Gasteiger partial charge in [-0.3, -0.25) is 4.90 Å². The molecule has 0 aromatic heterocycles. The first-order valence-corrected chi connectivity index (χ1v) is 9.68. The fourth-order valence-electron chi connectivity index (χ4n) is 4.57. The number of fused-ring (bicyclic) bond motifs is 1. The van der Waals surface area contributed by atoms with Crippen LogP contribution in [0.4, 0.5) is 9.18 Å². The van der Waals surface area contributed by atoms with E-state index in [4.69, 9.17) is 4.74 Å². The third-order valence-electron chi connectivity index (χ3n) is 6.33. The number of hydrogen-bond acceptors (Lipinski definition) is 3. The highest BCUT2D eigenvalue weighted by Crippen LogP contribution is 2.51. The maximum absolute atomic E-state index is 13.5. The van der Waals surface area contributed by atoms with Crippen LogP contribution in [-0.4, -0.2) is 36.7 Å². The van der Waals surface area contributed by atoms with E-state index < -0.39 is 0 Å². The lowest BCUT2D eigenvalue weighted by atomic mass is 9.88. The Kier molecular flexibility index (Phi) is 3.93. The summed E-state index contributed by atoms with van der Waals surface area (Å²) in [7, 11) is 0. The zero-order valence-corrected chi connectivity index (χ0v) is 15.2. The number of ether oxygens (including phenoxy) is 1. The molecule has 4 nitrogen and oxygen atoms in total. The molecule has 2 aromatic carbocycles. The summed E-state index contributed by atoms with van der Waals surface area (Å²) in [4.78, 5) is 14.9. The number of carbonyl (C=O) groups is 1. The molecule has 1 unspecified atom stereocenters. The van der Waals surface area contributed by atoms with Crippen LogP contribution in [-0.2, 0) is 11.2 Å². The number of nitrogens with zero attached hydrogens (tertiary/aromatic N) is 1. The van der Waals surface area contributed by atoms with Crippen molar-refractivity contribution in [2.45, 2.75) is 31.4 Å². The molecule has 1 amide bonds. The van der Waals surface area contributed by atoms with Crippen molar-refractivity contribution in [1.82, 2.24) is 10.2 Å². The highest BCUT2D eigenvalue weighted by atomic mass is 19.1. The fourth-order valence-corrected chi connectivity index (χ4v) is 4.57. The Labute approximate surface area is 158 Å². The molecule has 5 heteroatoms. The second kappa shape index (κ2) is 6.34. The molecule has 5 rings (SSSR count). The summed E-state index contributed by atoms with van der Waals surface area (Å²) in [6.07, 6.45) is 2.75. The second-order valence-electron chi connectivity index (χ2n) is 7.96. The van der Waals surface area contributed by atoms with E-state index in [-0.39, 0.29) is 29.5 Å². The highest BCUT2D eigenvalue weighted by Gasteiger charge is 2.54. The number of rotatable bonds is 2. The molecule has 2 atom stereocenters. The van der Waals surface area contributed by atoms with Gasteiger partial charge in [0.2, 0.25) is 0 Å². The van der Waals surface area contributed by atoms with E-state index in [1.165, 1.54) is 17.7 Å². The SMILES string of the molecule is O=C(OC1CNCC12CC2)N1CCc2ccccc2[C@@H]1c1ccc(F)cc1. The maximum Gasteiger partial charge on any atom is 0.410 e. The monoisotopic (exact) mass is 366 g/mol. The molecule has 140 valence electrons.